The molecule has 1 aromatic rings. The molecule has 1 N–H and O–H groups in total. The van der Waals surface area contributed by atoms with Crippen LogP contribution in [0.25, 0.3) is 0 Å². The summed E-state index contributed by atoms with van der Waals surface area (Å²) in [5.41, 5.74) is 1.26. The molecule has 0 atom stereocenters. The average Bonchev–Trinajstić information content (AvgIpc) is 2.74. The third kappa shape index (κ3) is 4.94. The van der Waals surface area contributed by atoms with Crippen molar-refractivity contribution < 1.29 is 0 Å². The Balaban J connectivity index is 2.17. The molecule has 0 fully saturated rings. The summed E-state index contributed by atoms with van der Waals surface area (Å²) in [5, 5.41) is 16.0. The van der Waals surface area contributed by atoms with Gasteiger partial charge in [-0.25, -0.2) is 0 Å². The third-order valence-corrected chi connectivity index (χ3v) is 2.39. The van der Waals surface area contributed by atoms with E-state index in [9.17, 15) is 0 Å². The average molecular weight is 220 g/mol. The largest absolute Gasteiger partial charge is 0.317 e. The van der Waals surface area contributed by atoms with Crippen molar-refractivity contribution in [3.8, 4) is 6.07 Å². The number of nitriles is 1. The van der Waals surface area contributed by atoms with E-state index in [-0.39, 0.29) is 0 Å². The number of nitrogens with one attached hydrogen (secondary N) is 1. The Labute approximate surface area is 97.3 Å². The molecule has 0 amide bonds. The van der Waals surface area contributed by atoms with Crippen LogP contribution in [0, 0.1) is 11.3 Å². The molecule has 0 aliphatic heterocycles. The van der Waals surface area contributed by atoms with Crippen LogP contribution < -0.4 is 5.32 Å². The predicted octanol–water partition coefficient (Wildman–Crippen LogP) is 1.73. The van der Waals surface area contributed by atoms with E-state index in [2.05, 4.69) is 23.4 Å². The van der Waals surface area contributed by atoms with Gasteiger partial charge in [-0.05, 0) is 37.9 Å². The molecule has 0 radical (unpaired) electrons. The normalized spacial score (nSPS) is 10.2. The Morgan fingerprint density at radius 1 is 1.50 bits per heavy atom. The second kappa shape index (κ2) is 7.89. The molecule has 0 spiro atoms. The van der Waals surface area contributed by atoms with Gasteiger partial charge in [0.25, 0.3) is 0 Å². The van der Waals surface area contributed by atoms with Crippen LogP contribution in [0.1, 0.15) is 31.7 Å². The first-order valence-corrected chi connectivity index (χ1v) is 5.95. The van der Waals surface area contributed by atoms with E-state index in [4.69, 9.17) is 5.26 Å². The number of rotatable bonds is 8. The molecule has 88 valence electrons. The Morgan fingerprint density at radius 2 is 2.38 bits per heavy atom. The van der Waals surface area contributed by atoms with Crippen LogP contribution in [0.4, 0.5) is 0 Å². The zero-order valence-electron chi connectivity index (χ0n) is 9.95. The maximum absolute atomic E-state index is 8.46. The van der Waals surface area contributed by atoms with Crippen molar-refractivity contribution in [1.29, 1.82) is 5.26 Å². The molecule has 1 aromatic heterocycles. The molecule has 0 aliphatic carbocycles. The lowest BCUT2D eigenvalue weighted by atomic mass is 10.2. The van der Waals surface area contributed by atoms with Gasteiger partial charge < -0.3 is 5.32 Å². The first-order chi connectivity index (χ1) is 7.86. The molecular formula is C12H20N4. The van der Waals surface area contributed by atoms with Gasteiger partial charge in [0.2, 0.25) is 0 Å². The molecule has 4 nitrogen and oxygen atoms in total. The Hall–Kier alpha value is -1.34. The van der Waals surface area contributed by atoms with Crippen molar-refractivity contribution >= 4 is 0 Å². The third-order valence-electron chi connectivity index (χ3n) is 2.39. The molecule has 0 saturated carbocycles. The van der Waals surface area contributed by atoms with Crippen molar-refractivity contribution in [1.82, 2.24) is 15.1 Å². The van der Waals surface area contributed by atoms with Gasteiger partial charge in [0.15, 0.2) is 0 Å². The molecule has 4 heteroatoms. The van der Waals surface area contributed by atoms with Gasteiger partial charge in [-0.1, -0.05) is 6.92 Å². The first-order valence-electron chi connectivity index (χ1n) is 5.95. The molecular weight excluding hydrogens is 200 g/mol. The summed E-state index contributed by atoms with van der Waals surface area (Å²) in [7, 11) is 0. The molecule has 0 aliphatic rings. The number of aromatic nitrogens is 2. The number of hydrogen-bond acceptors (Lipinski definition) is 3. The van der Waals surface area contributed by atoms with Crippen LogP contribution in [0.15, 0.2) is 12.4 Å². The van der Waals surface area contributed by atoms with Crippen LogP contribution >= 0.6 is 0 Å². The molecule has 0 unspecified atom stereocenters. The van der Waals surface area contributed by atoms with E-state index in [0.29, 0.717) is 13.0 Å². The number of hydrogen-bond donors (Lipinski definition) is 1. The lowest BCUT2D eigenvalue weighted by molar-refractivity contribution is 0.624. The summed E-state index contributed by atoms with van der Waals surface area (Å²) >= 11 is 0. The number of nitrogens with zero attached hydrogens (tertiary/aromatic N) is 3. The fraction of sp³-hybridized carbons (Fsp3) is 0.667. The SMILES string of the molecule is CCCNCCCc1cnn(CCC#N)c1. The zero-order valence-corrected chi connectivity index (χ0v) is 9.95. The summed E-state index contributed by atoms with van der Waals surface area (Å²) in [6.07, 6.45) is 7.85. The van der Waals surface area contributed by atoms with Gasteiger partial charge in [0.05, 0.1) is 25.2 Å². The van der Waals surface area contributed by atoms with Gasteiger partial charge in [-0.2, -0.15) is 10.4 Å². The van der Waals surface area contributed by atoms with Crippen molar-refractivity contribution in [3.63, 3.8) is 0 Å². The van der Waals surface area contributed by atoms with E-state index in [1.54, 1.807) is 0 Å². The van der Waals surface area contributed by atoms with E-state index in [0.717, 1.165) is 25.9 Å². The van der Waals surface area contributed by atoms with Gasteiger partial charge in [-0.15, -0.1) is 0 Å². The summed E-state index contributed by atoms with van der Waals surface area (Å²) in [6.45, 7) is 5.04. The first kappa shape index (κ1) is 12.7. The highest BCUT2D eigenvalue weighted by Gasteiger charge is 1.98. The van der Waals surface area contributed by atoms with E-state index in [1.165, 1.54) is 12.0 Å². The molecule has 16 heavy (non-hydrogen) atoms. The standard InChI is InChI=1S/C12H20N4/c1-2-7-14-8-3-5-12-10-15-16(11-12)9-4-6-13/h10-11,14H,2-5,7-9H2,1H3. The van der Waals surface area contributed by atoms with Gasteiger partial charge in [0, 0.05) is 6.20 Å². The van der Waals surface area contributed by atoms with Gasteiger partial charge in [-0.3, -0.25) is 4.68 Å². The Morgan fingerprint density at radius 3 is 3.12 bits per heavy atom. The minimum Gasteiger partial charge on any atom is -0.317 e. The van der Waals surface area contributed by atoms with Crippen LogP contribution in [0.2, 0.25) is 0 Å². The van der Waals surface area contributed by atoms with E-state index < -0.39 is 0 Å². The fourth-order valence-electron chi connectivity index (χ4n) is 1.54. The molecule has 0 saturated heterocycles. The Bertz CT molecular complexity index is 324. The quantitative estimate of drug-likeness (QED) is 0.679. The smallest absolute Gasteiger partial charge is 0.0641 e. The van der Waals surface area contributed by atoms with Crippen molar-refractivity contribution in [2.24, 2.45) is 0 Å². The summed E-state index contributed by atoms with van der Waals surface area (Å²) in [5.74, 6) is 0. The minimum atomic E-state index is 0.527. The van der Waals surface area contributed by atoms with Gasteiger partial charge in [0.1, 0.15) is 0 Å². The number of aryl methyl sites for hydroxylation is 2. The molecule has 1 rings (SSSR count). The summed E-state index contributed by atoms with van der Waals surface area (Å²) < 4.78 is 1.85. The zero-order chi connectivity index (χ0) is 11.6. The second-order valence-corrected chi connectivity index (χ2v) is 3.87. The maximum Gasteiger partial charge on any atom is 0.0641 e. The van der Waals surface area contributed by atoms with Gasteiger partial charge >= 0.3 is 0 Å². The lowest BCUT2D eigenvalue weighted by Gasteiger charge is -2.00. The van der Waals surface area contributed by atoms with Crippen molar-refractivity contribution in [2.75, 3.05) is 13.1 Å². The predicted molar refractivity (Wildman–Crippen MR) is 63.9 cm³/mol. The van der Waals surface area contributed by atoms with E-state index >= 15 is 0 Å². The fourth-order valence-corrected chi connectivity index (χ4v) is 1.54. The van der Waals surface area contributed by atoms with Crippen molar-refractivity contribution in [3.05, 3.63) is 18.0 Å². The highest BCUT2D eigenvalue weighted by atomic mass is 15.3. The summed E-state index contributed by atoms with van der Waals surface area (Å²) in [4.78, 5) is 0. The monoisotopic (exact) mass is 220 g/mol. The highest BCUT2D eigenvalue weighted by molar-refractivity contribution is 5.03. The maximum atomic E-state index is 8.46. The highest BCUT2D eigenvalue weighted by Crippen LogP contribution is 2.01. The Kier molecular flexibility index (Phi) is 6.28. The second-order valence-electron chi connectivity index (χ2n) is 3.87. The lowest BCUT2D eigenvalue weighted by Crippen LogP contribution is -2.16. The topological polar surface area (TPSA) is 53.6 Å². The van der Waals surface area contributed by atoms with Crippen molar-refractivity contribution in [2.45, 2.75) is 39.2 Å². The van der Waals surface area contributed by atoms with Crippen LogP contribution in [0.3, 0.4) is 0 Å². The van der Waals surface area contributed by atoms with Crippen LogP contribution in [-0.2, 0) is 13.0 Å². The molecule has 1 heterocycles. The van der Waals surface area contributed by atoms with E-state index in [1.807, 2.05) is 17.1 Å². The minimum absolute atomic E-state index is 0.527. The molecule has 0 bridgehead atoms. The van der Waals surface area contributed by atoms with Crippen LogP contribution in [-0.4, -0.2) is 22.9 Å². The summed E-state index contributed by atoms with van der Waals surface area (Å²) in [6, 6.07) is 2.12. The van der Waals surface area contributed by atoms with Crippen LogP contribution in [0.5, 0.6) is 0 Å². The molecule has 0 aromatic carbocycles.